The number of carbonyl (C=O) groups is 2. The summed E-state index contributed by atoms with van der Waals surface area (Å²) in [4.78, 5) is 26.8. The zero-order valence-electron chi connectivity index (χ0n) is 20.1. The number of carbonyl (C=O) groups excluding carboxylic acids is 2. The van der Waals surface area contributed by atoms with Crippen molar-refractivity contribution in [2.75, 3.05) is 6.61 Å². The van der Waals surface area contributed by atoms with Crippen LogP contribution in [0, 0.1) is 6.92 Å². The van der Waals surface area contributed by atoms with Crippen molar-refractivity contribution in [2.45, 2.75) is 33.3 Å². The standard InChI is InChI=1S/C30H27NO4/c1-4-34-30(33)25-19(3)31-28-21-9-5-6-10-22(21)29(32)27(28)26(25)23-11-7-8-12-24(23)35-17-20-15-13-18(2)14-16-20/h5-16,26,31H,4,17H2,1-3H3/t26-/m1/s1. The quantitative estimate of drug-likeness (QED) is 0.473. The van der Waals surface area contributed by atoms with Gasteiger partial charge in [-0.3, -0.25) is 4.79 Å². The number of esters is 1. The van der Waals surface area contributed by atoms with Gasteiger partial charge in [0.15, 0.2) is 5.78 Å². The maximum absolute atomic E-state index is 13.7. The third-order valence-electron chi connectivity index (χ3n) is 6.49. The first-order valence-electron chi connectivity index (χ1n) is 11.8. The second-order valence-corrected chi connectivity index (χ2v) is 8.79. The molecule has 0 aromatic heterocycles. The number of fused-ring (bicyclic) bond motifs is 2. The van der Waals surface area contributed by atoms with Gasteiger partial charge in [0.05, 0.1) is 23.8 Å². The molecule has 3 aromatic carbocycles. The number of allylic oxidation sites excluding steroid dienone is 2. The number of rotatable bonds is 6. The molecule has 0 spiro atoms. The third kappa shape index (κ3) is 4.03. The molecule has 1 aliphatic carbocycles. The van der Waals surface area contributed by atoms with Gasteiger partial charge in [-0.05, 0) is 32.4 Å². The van der Waals surface area contributed by atoms with E-state index >= 15 is 0 Å². The van der Waals surface area contributed by atoms with Crippen molar-refractivity contribution >= 4 is 17.4 Å². The van der Waals surface area contributed by atoms with Crippen LogP contribution < -0.4 is 10.1 Å². The first-order chi connectivity index (χ1) is 17.0. The Hall–Kier alpha value is -4.12. The molecule has 0 saturated heterocycles. The lowest BCUT2D eigenvalue weighted by molar-refractivity contribution is -0.138. The highest BCUT2D eigenvalue weighted by Crippen LogP contribution is 2.48. The Morgan fingerprint density at radius 3 is 2.34 bits per heavy atom. The summed E-state index contributed by atoms with van der Waals surface area (Å²) in [5.74, 6) is -0.508. The fourth-order valence-electron chi connectivity index (χ4n) is 4.82. The normalized spacial score (nSPS) is 16.5. The zero-order chi connectivity index (χ0) is 24.5. The van der Waals surface area contributed by atoms with Crippen molar-refractivity contribution in [3.05, 3.63) is 117 Å². The smallest absolute Gasteiger partial charge is 0.336 e. The monoisotopic (exact) mass is 465 g/mol. The molecule has 5 nitrogen and oxygen atoms in total. The molecule has 5 rings (SSSR count). The first kappa shape index (κ1) is 22.7. The third-order valence-corrected chi connectivity index (χ3v) is 6.49. The minimum Gasteiger partial charge on any atom is -0.489 e. The van der Waals surface area contributed by atoms with E-state index in [9.17, 15) is 9.59 Å². The molecule has 1 atom stereocenters. The number of benzene rings is 3. The van der Waals surface area contributed by atoms with Crippen molar-refractivity contribution in [1.82, 2.24) is 5.32 Å². The van der Waals surface area contributed by atoms with E-state index in [1.54, 1.807) is 6.92 Å². The van der Waals surface area contributed by atoms with E-state index in [-0.39, 0.29) is 12.4 Å². The van der Waals surface area contributed by atoms with Gasteiger partial charge in [0, 0.05) is 28.0 Å². The van der Waals surface area contributed by atoms with Gasteiger partial charge in [0.2, 0.25) is 0 Å². The summed E-state index contributed by atoms with van der Waals surface area (Å²) in [7, 11) is 0. The molecule has 1 N–H and O–H groups in total. The molecule has 1 aliphatic heterocycles. The van der Waals surface area contributed by atoms with Crippen LogP contribution in [0.25, 0.3) is 5.70 Å². The van der Waals surface area contributed by atoms with E-state index in [0.717, 1.165) is 22.4 Å². The van der Waals surface area contributed by atoms with E-state index in [4.69, 9.17) is 9.47 Å². The maximum atomic E-state index is 13.7. The lowest BCUT2D eigenvalue weighted by Crippen LogP contribution is -2.29. The summed E-state index contributed by atoms with van der Waals surface area (Å²) in [5, 5.41) is 3.33. The molecule has 176 valence electrons. The Labute approximate surface area is 205 Å². The van der Waals surface area contributed by atoms with E-state index in [0.29, 0.717) is 34.8 Å². The number of nitrogens with one attached hydrogen (secondary N) is 1. The number of para-hydroxylation sites is 1. The summed E-state index contributed by atoms with van der Waals surface area (Å²) < 4.78 is 11.7. The largest absolute Gasteiger partial charge is 0.489 e. The van der Waals surface area contributed by atoms with E-state index in [1.807, 2.05) is 86.6 Å². The number of ketones is 1. The molecular formula is C30H27NO4. The number of aryl methyl sites for hydroxylation is 1. The van der Waals surface area contributed by atoms with Gasteiger partial charge in [0.1, 0.15) is 12.4 Å². The molecule has 2 aliphatic rings. The van der Waals surface area contributed by atoms with Gasteiger partial charge >= 0.3 is 5.97 Å². The minimum absolute atomic E-state index is 0.0873. The first-order valence-corrected chi connectivity index (χ1v) is 11.8. The van der Waals surface area contributed by atoms with Crippen molar-refractivity contribution in [2.24, 2.45) is 0 Å². The van der Waals surface area contributed by atoms with Crippen LogP contribution in [0.5, 0.6) is 5.75 Å². The van der Waals surface area contributed by atoms with Crippen LogP contribution in [-0.2, 0) is 16.1 Å². The Bertz CT molecular complexity index is 1380. The van der Waals surface area contributed by atoms with Gasteiger partial charge in [-0.25, -0.2) is 4.79 Å². The maximum Gasteiger partial charge on any atom is 0.336 e. The van der Waals surface area contributed by atoms with Crippen LogP contribution >= 0.6 is 0 Å². The lowest BCUT2D eigenvalue weighted by Gasteiger charge is -2.30. The summed E-state index contributed by atoms with van der Waals surface area (Å²) in [6.07, 6.45) is 0. The molecule has 0 fully saturated rings. The van der Waals surface area contributed by atoms with Gasteiger partial charge < -0.3 is 14.8 Å². The van der Waals surface area contributed by atoms with Crippen LogP contribution in [0.3, 0.4) is 0 Å². The van der Waals surface area contributed by atoms with E-state index < -0.39 is 11.9 Å². The van der Waals surface area contributed by atoms with Gasteiger partial charge in [-0.1, -0.05) is 72.3 Å². The van der Waals surface area contributed by atoms with Crippen LogP contribution in [0.2, 0.25) is 0 Å². The van der Waals surface area contributed by atoms with Gasteiger partial charge in [-0.15, -0.1) is 0 Å². The molecule has 3 aromatic rings. The average molecular weight is 466 g/mol. The second-order valence-electron chi connectivity index (χ2n) is 8.79. The Morgan fingerprint density at radius 2 is 1.60 bits per heavy atom. The predicted octanol–water partition coefficient (Wildman–Crippen LogP) is 5.71. The van der Waals surface area contributed by atoms with Crippen LogP contribution in [0.4, 0.5) is 0 Å². The second kappa shape index (κ2) is 9.26. The molecule has 0 amide bonds. The van der Waals surface area contributed by atoms with Crippen molar-refractivity contribution < 1.29 is 19.1 Å². The highest BCUT2D eigenvalue weighted by atomic mass is 16.5. The van der Waals surface area contributed by atoms with E-state index in [1.165, 1.54) is 5.56 Å². The summed E-state index contributed by atoms with van der Waals surface area (Å²) in [5.41, 5.74) is 6.85. The number of ether oxygens (including phenoxy) is 2. The SMILES string of the molecule is CCOC(=O)C1=C(C)NC2=C(C(=O)c3ccccc32)[C@@H]1c1ccccc1OCc1ccc(C)cc1. The van der Waals surface area contributed by atoms with Crippen LogP contribution in [0.1, 0.15) is 52.4 Å². The Kier molecular flexibility index (Phi) is 6.00. The van der Waals surface area contributed by atoms with E-state index in [2.05, 4.69) is 5.32 Å². The molecule has 0 bridgehead atoms. The molecule has 35 heavy (non-hydrogen) atoms. The summed E-state index contributed by atoms with van der Waals surface area (Å²) in [6, 6.07) is 23.3. The van der Waals surface area contributed by atoms with Gasteiger partial charge in [0.25, 0.3) is 0 Å². The topological polar surface area (TPSA) is 64.6 Å². The molecule has 0 unspecified atom stereocenters. The number of hydrogen-bond acceptors (Lipinski definition) is 5. The molecule has 1 heterocycles. The minimum atomic E-state index is -0.612. The van der Waals surface area contributed by atoms with Gasteiger partial charge in [-0.2, -0.15) is 0 Å². The molecule has 5 heteroatoms. The highest BCUT2D eigenvalue weighted by Gasteiger charge is 2.43. The van der Waals surface area contributed by atoms with Crippen molar-refractivity contribution in [1.29, 1.82) is 0 Å². The number of hydrogen-bond donors (Lipinski definition) is 1. The Morgan fingerprint density at radius 1 is 0.914 bits per heavy atom. The predicted molar refractivity (Wildman–Crippen MR) is 135 cm³/mol. The zero-order valence-corrected chi connectivity index (χ0v) is 20.1. The molecule has 0 radical (unpaired) electrons. The van der Waals surface area contributed by atoms with Crippen molar-refractivity contribution in [3.63, 3.8) is 0 Å². The van der Waals surface area contributed by atoms with Crippen LogP contribution in [0.15, 0.2) is 89.6 Å². The fraction of sp³-hybridized carbons (Fsp3) is 0.200. The summed E-state index contributed by atoms with van der Waals surface area (Å²) >= 11 is 0. The fourth-order valence-corrected chi connectivity index (χ4v) is 4.82. The van der Waals surface area contributed by atoms with Crippen LogP contribution in [-0.4, -0.2) is 18.4 Å². The Balaban J connectivity index is 1.61. The number of Topliss-reactive ketones (excluding diaryl/α,β-unsaturated/α-hetero) is 1. The summed E-state index contributed by atoms with van der Waals surface area (Å²) in [6.45, 7) is 6.29. The molecular weight excluding hydrogens is 438 g/mol. The molecule has 0 saturated carbocycles. The highest BCUT2D eigenvalue weighted by molar-refractivity contribution is 6.23. The lowest BCUT2D eigenvalue weighted by atomic mass is 9.79. The average Bonchev–Trinajstić information content (AvgIpc) is 3.15. The van der Waals surface area contributed by atoms with Crippen molar-refractivity contribution in [3.8, 4) is 5.75 Å². The number of dihydropyridines is 1.